The summed E-state index contributed by atoms with van der Waals surface area (Å²) in [6.07, 6.45) is 3.28. The second-order valence-electron chi connectivity index (χ2n) is 5.80. The van der Waals surface area contributed by atoms with Gasteiger partial charge in [0.05, 0.1) is 11.4 Å². The molecule has 1 aliphatic rings. The second-order valence-corrected chi connectivity index (χ2v) is 6.79. The fraction of sp³-hybridized carbons (Fsp3) is 0.733. The van der Waals surface area contributed by atoms with Crippen molar-refractivity contribution in [3.05, 3.63) is 17.0 Å². The molecule has 2 unspecified atom stereocenters. The van der Waals surface area contributed by atoms with Crippen LogP contribution in [0.5, 0.6) is 0 Å². The fourth-order valence-corrected chi connectivity index (χ4v) is 3.90. The minimum Gasteiger partial charge on any atom is -0.361 e. The Kier molecular flexibility index (Phi) is 7.72. The summed E-state index contributed by atoms with van der Waals surface area (Å²) >= 11 is 1.62. The van der Waals surface area contributed by atoms with Crippen molar-refractivity contribution in [2.45, 2.75) is 57.9 Å². The van der Waals surface area contributed by atoms with Crippen molar-refractivity contribution in [1.29, 1.82) is 0 Å². The number of likely N-dealkylation sites (tertiary alicyclic amines) is 1. The summed E-state index contributed by atoms with van der Waals surface area (Å²) in [6, 6.07) is 0.243. The van der Waals surface area contributed by atoms with E-state index in [1.807, 2.05) is 25.7 Å². The summed E-state index contributed by atoms with van der Waals surface area (Å²) in [6.45, 7) is 6.68. The van der Waals surface area contributed by atoms with Gasteiger partial charge in [0, 0.05) is 29.9 Å². The highest BCUT2D eigenvalue weighted by Crippen LogP contribution is 2.23. The van der Waals surface area contributed by atoms with E-state index in [4.69, 9.17) is 10.3 Å². The number of rotatable bonds is 5. The number of piperidine rings is 1. The predicted molar refractivity (Wildman–Crippen MR) is 92.4 cm³/mol. The van der Waals surface area contributed by atoms with Crippen molar-refractivity contribution in [1.82, 2.24) is 10.1 Å². The molecule has 2 atom stereocenters. The SMILES string of the molecule is Cc1noc(C)c1CSCC(=O)N1CCCCC1C(C)N.Cl. The Morgan fingerprint density at radius 1 is 1.50 bits per heavy atom. The minimum absolute atomic E-state index is 0. The van der Waals surface area contributed by atoms with Gasteiger partial charge in [0.2, 0.25) is 5.91 Å². The van der Waals surface area contributed by atoms with Gasteiger partial charge in [0.15, 0.2) is 0 Å². The first-order valence-electron chi connectivity index (χ1n) is 7.55. The van der Waals surface area contributed by atoms with Crippen molar-refractivity contribution >= 4 is 30.1 Å². The highest BCUT2D eigenvalue weighted by Gasteiger charge is 2.28. The number of hydrogen-bond donors (Lipinski definition) is 1. The van der Waals surface area contributed by atoms with Crippen LogP contribution in [0.2, 0.25) is 0 Å². The van der Waals surface area contributed by atoms with Crippen LogP contribution in [0.15, 0.2) is 4.52 Å². The maximum absolute atomic E-state index is 12.4. The van der Waals surface area contributed by atoms with Gasteiger partial charge in [-0.15, -0.1) is 24.2 Å². The maximum Gasteiger partial charge on any atom is 0.232 e. The molecule has 1 fully saturated rings. The Hall–Kier alpha value is -0.720. The van der Waals surface area contributed by atoms with Gasteiger partial charge in [-0.3, -0.25) is 4.79 Å². The molecule has 0 radical (unpaired) electrons. The van der Waals surface area contributed by atoms with Gasteiger partial charge in [-0.2, -0.15) is 0 Å². The van der Waals surface area contributed by atoms with Crippen molar-refractivity contribution in [3.8, 4) is 0 Å². The van der Waals surface area contributed by atoms with Crippen molar-refractivity contribution in [3.63, 3.8) is 0 Å². The van der Waals surface area contributed by atoms with E-state index in [9.17, 15) is 4.79 Å². The Morgan fingerprint density at radius 2 is 2.23 bits per heavy atom. The van der Waals surface area contributed by atoms with Gasteiger partial charge < -0.3 is 15.2 Å². The van der Waals surface area contributed by atoms with Crippen LogP contribution in [-0.4, -0.2) is 40.3 Å². The molecule has 0 aromatic carbocycles. The molecular formula is C15H26ClN3O2S. The lowest BCUT2D eigenvalue weighted by Crippen LogP contribution is -2.52. The van der Waals surface area contributed by atoms with E-state index in [0.29, 0.717) is 5.75 Å². The molecule has 0 aliphatic carbocycles. The van der Waals surface area contributed by atoms with Crippen LogP contribution in [0.3, 0.4) is 0 Å². The third-order valence-corrected chi connectivity index (χ3v) is 5.07. The third kappa shape index (κ3) is 4.64. The summed E-state index contributed by atoms with van der Waals surface area (Å²) in [5.74, 6) is 2.31. The zero-order valence-corrected chi connectivity index (χ0v) is 15.1. The number of amides is 1. The molecule has 0 spiro atoms. The summed E-state index contributed by atoms with van der Waals surface area (Å²) in [7, 11) is 0. The topological polar surface area (TPSA) is 72.4 Å². The number of aryl methyl sites for hydroxylation is 2. The van der Waals surface area contributed by atoms with Gasteiger partial charge in [-0.25, -0.2) is 0 Å². The maximum atomic E-state index is 12.4. The normalized spacial score (nSPS) is 19.6. The van der Waals surface area contributed by atoms with Crippen LogP contribution >= 0.6 is 24.2 Å². The first kappa shape index (κ1) is 19.3. The second kappa shape index (κ2) is 8.79. The lowest BCUT2D eigenvalue weighted by Gasteiger charge is -2.38. The molecule has 1 amide bonds. The lowest BCUT2D eigenvalue weighted by molar-refractivity contribution is -0.132. The molecule has 2 rings (SSSR count). The smallest absolute Gasteiger partial charge is 0.232 e. The van der Waals surface area contributed by atoms with Gasteiger partial charge in [0.25, 0.3) is 0 Å². The van der Waals surface area contributed by atoms with E-state index in [1.165, 1.54) is 6.42 Å². The van der Waals surface area contributed by atoms with Crippen molar-refractivity contribution < 1.29 is 9.32 Å². The molecule has 7 heteroatoms. The van der Waals surface area contributed by atoms with E-state index < -0.39 is 0 Å². The van der Waals surface area contributed by atoms with Crippen LogP contribution in [0.4, 0.5) is 0 Å². The van der Waals surface area contributed by atoms with E-state index >= 15 is 0 Å². The van der Waals surface area contributed by atoms with E-state index in [0.717, 1.165) is 42.2 Å². The van der Waals surface area contributed by atoms with Gasteiger partial charge in [-0.05, 0) is 40.0 Å². The van der Waals surface area contributed by atoms with E-state index in [2.05, 4.69) is 5.16 Å². The zero-order valence-electron chi connectivity index (χ0n) is 13.5. The molecule has 22 heavy (non-hydrogen) atoms. The van der Waals surface area contributed by atoms with Crippen LogP contribution in [-0.2, 0) is 10.5 Å². The number of nitrogens with two attached hydrogens (primary N) is 1. The fourth-order valence-electron chi connectivity index (χ4n) is 2.84. The number of carbonyl (C=O) groups excluding carboxylic acids is 1. The van der Waals surface area contributed by atoms with Gasteiger partial charge in [0.1, 0.15) is 5.76 Å². The standard InChI is InChI=1S/C15H25N3O2S.ClH/c1-10(16)14-6-4-5-7-18(14)15(19)9-21-8-13-11(2)17-20-12(13)3;/h10,14H,4-9,16H2,1-3H3;1H. The van der Waals surface area contributed by atoms with Gasteiger partial charge in [-0.1, -0.05) is 5.16 Å². The average Bonchev–Trinajstić information content (AvgIpc) is 2.78. The summed E-state index contributed by atoms with van der Waals surface area (Å²) < 4.78 is 5.14. The number of nitrogens with zero attached hydrogens (tertiary/aromatic N) is 2. The molecule has 2 N–H and O–H groups in total. The molecule has 1 aliphatic heterocycles. The Balaban J connectivity index is 0.00000242. The Morgan fingerprint density at radius 3 is 2.82 bits per heavy atom. The zero-order chi connectivity index (χ0) is 15.4. The largest absolute Gasteiger partial charge is 0.361 e. The third-order valence-electron chi connectivity index (χ3n) is 4.13. The van der Waals surface area contributed by atoms with E-state index in [1.54, 1.807) is 11.8 Å². The number of carbonyl (C=O) groups is 1. The quantitative estimate of drug-likeness (QED) is 0.886. The summed E-state index contributed by atoms with van der Waals surface area (Å²) in [5.41, 5.74) is 8.04. The Bertz CT molecular complexity index is 474. The van der Waals surface area contributed by atoms with Crippen LogP contribution in [0, 0.1) is 13.8 Å². The lowest BCUT2D eigenvalue weighted by atomic mass is 9.97. The molecule has 1 aromatic rings. The Labute approximate surface area is 142 Å². The highest BCUT2D eigenvalue weighted by atomic mass is 35.5. The van der Waals surface area contributed by atoms with E-state index in [-0.39, 0.29) is 30.4 Å². The molecule has 5 nitrogen and oxygen atoms in total. The van der Waals surface area contributed by atoms with Crippen LogP contribution < -0.4 is 5.73 Å². The highest BCUT2D eigenvalue weighted by molar-refractivity contribution is 7.99. The monoisotopic (exact) mass is 347 g/mol. The predicted octanol–water partition coefficient (Wildman–Crippen LogP) is 2.67. The number of hydrogen-bond acceptors (Lipinski definition) is 5. The number of thioether (sulfide) groups is 1. The molecular weight excluding hydrogens is 322 g/mol. The van der Waals surface area contributed by atoms with Crippen LogP contribution in [0.1, 0.15) is 43.2 Å². The summed E-state index contributed by atoms with van der Waals surface area (Å²) in [4.78, 5) is 14.4. The van der Waals surface area contributed by atoms with Crippen molar-refractivity contribution in [2.24, 2.45) is 5.73 Å². The minimum atomic E-state index is 0. The van der Waals surface area contributed by atoms with Gasteiger partial charge >= 0.3 is 0 Å². The van der Waals surface area contributed by atoms with Crippen molar-refractivity contribution in [2.75, 3.05) is 12.3 Å². The average molecular weight is 348 g/mol. The molecule has 1 saturated heterocycles. The van der Waals surface area contributed by atoms with Crippen LogP contribution in [0.25, 0.3) is 0 Å². The summed E-state index contributed by atoms with van der Waals surface area (Å²) in [5, 5.41) is 3.94. The molecule has 126 valence electrons. The molecule has 0 bridgehead atoms. The molecule has 2 heterocycles. The molecule has 1 aromatic heterocycles. The first-order valence-corrected chi connectivity index (χ1v) is 8.70. The first-order chi connectivity index (χ1) is 10.0. The number of halogens is 1. The molecule has 0 saturated carbocycles. The number of aromatic nitrogens is 1.